The molecular weight excluding hydrogens is 414 g/mol. The number of anilines is 1. The van der Waals surface area contributed by atoms with Gasteiger partial charge in [0, 0.05) is 19.5 Å². The standard InChI is InChI=1S/C23H27N3O3.2C2H6.2H2/c1-15-5-11-18(12-6-15)24-22(28)17-9-7-16(8-10-17)13-21(27)25-20-14-19(29-26-20)23(2,3)4;2*1-2;;/h5-12,14,20,26H,13H2,1-4H3,(H,24,28)(H,25,27);2*1-2H3;2*1H. The molecule has 184 valence electrons. The van der Waals surface area contributed by atoms with Crippen molar-refractivity contribution in [2.45, 2.75) is 68.0 Å². The molecule has 33 heavy (non-hydrogen) atoms. The van der Waals surface area contributed by atoms with E-state index >= 15 is 0 Å². The third-order valence-corrected chi connectivity index (χ3v) is 4.56. The molecule has 0 saturated carbocycles. The molecule has 6 heteroatoms. The van der Waals surface area contributed by atoms with E-state index in [0.29, 0.717) is 5.56 Å². The summed E-state index contributed by atoms with van der Waals surface area (Å²) in [6, 6.07) is 14.7. The van der Waals surface area contributed by atoms with Gasteiger partial charge in [-0.05, 0) is 42.8 Å². The monoisotopic (exact) mass is 457 g/mol. The molecule has 0 aliphatic carbocycles. The van der Waals surface area contributed by atoms with Crippen LogP contribution in [-0.4, -0.2) is 18.0 Å². The Hall–Kier alpha value is -3.12. The Bertz CT molecular complexity index is 922. The minimum Gasteiger partial charge on any atom is -0.410 e. The molecule has 1 aliphatic heterocycles. The molecule has 1 heterocycles. The Morgan fingerprint density at radius 2 is 1.55 bits per heavy atom. The Balaban J connectivity index is 0. The number of amides is 2. The number of hydrogen-bond donors (Lipinski definition) is 3. The summed E-state index contributed by atoms with van der Waals surface area (Å²) in [6.45, 7) is 16.1. The molecule has 0 saturated heterocycles. The van der Waals surface area contributed by atoms with Crippen LogP contribution < -0.4 is 16.1 Å². The number of allylic oxidation sites excluding steroid dienone is 1. The fraction of sp³-hybridized carbons (Fsp3) is 0.407. The van der Waals surface area contributed by atoms with Crippen molar-refractivity contribution in [2.75, 3.05) is 5.32 Å². The van der Waals surface area contributed by atoms with Gasteiger partial charge in [0.1, 0.15) is 11.9 Å². The van der Waals surface area contributed by atoms with Crippen molar-refractivity contribution in [1.82, 2.24) is 10.8 Å². The van der Waals surface area contributed by atoms with Gasteiger partial charge in [-0.2, -0.15) is 0 Å². The molecule has 6 nitrogen and oxygen atoms in total. The van der Waals surface area contributed by atoms with Gasteiger partial charge < -0.3 is 15.5 Å². The number of aryl methyl sites for hydroxylation is 1. The van der Waals surface area contributed by atoms with Gasteiger partial charge in [0.2, 0.25) is 5.91 Å². The molecule has 0 aromatic heterocycles. The number of carbonyl (C=O) groups excluding carboxylic acids is 2. The molecule has 3 rings (SSSR count). The molecule has 1 atom stereocenters. The Morgan fingerprint density at radius 3 is 2.06 bits per heavy atom. The van der Waals surface area contributed by atoms with E-state index in [0.717, 1.165) is 22.6 Å². The summed E-state index contributed by atoms with van der Waals surface area (Å²) in [5.41, 5.74) is 5.93. The smallest absolute Gasteiger partial charge is 0.255 e. The lowest BCUT2D eigenvalue weighted by atomic mass is 9.93. The molecule has 1 unspecified atom stereocenters. The van der Waals surface area contributed by atoms with Crippen molar-refractivity contribution in [3.8, 4) is 0 Å². The second kappa shape index (κ2) is 13.4. The first kappa shape index (κ1) is 27.9. The highest BCUT2D eigenvalue weighted by Crippen LogP contribution is 2.28. The zero-order chi connectivity index (χ0) is 25.0. The van der Waals surface area contributed by atoms with Gasteiger partial charge in [-0.25, -0.2) is 0 Å². The first-order valence-corrected chi connectivity index (χ1v) is 11.6. The number of benzene rings is 2. The third-order valence-electron chi connectivity index (χ3n) is 4.56. The maximum Gasteiger partial charge on any atom is 0.255 e. The van der Waals surface area contributed by atoms with Crippen LogP contribution in [0.2, 0.25) is 0 Å². The quantitative estimate of drug-likeness (QED) is 0.496. The van der Waals surface area contributed by atoms with E-state index < -0.39 is 0 Å². The molecule has 2 aromatic carbocycles. The van der Waals surface area contributed by atoms with Crippen LogP contribution in [0.5, 0.6) is 0 Å². The van der Waals surface area contributed by atoms with E-state index in [-0.39, 0.29) is 32.7 Å². The van der Waals surface area contributed by atoms with Gasteiger partial charge in [-0.15, -0.1) is 5.48 Å². The summed E-state index contributed by atoms with van der Waals surface area (Å²) in [5.74, 6) is 0.484. The lowest BCUT2D eigenvalue weighted by Gasteiger charge is -2.17. The molecule has 2 aromatic rings. The highest BCUT2D eigenvalue weighted by molar-refractivity contribution is 6.04. The van der Waals surface area contributed by atoms with Crippen LogP contribution in [0.25, 0.3) is 0 Å². The van der Waals surface area contributed by atoms with E-state index in [1.807, 2.05) is 85.7 Å². The second-order valence-electron chi connectivity index (χ2n) is 8.24. The summed E-state index contributed by atoms with van der Waals surface area (Å²) < 4.78 is 0. The molecular formula is C27H43N3O3. The Morgan fingerprint density at radius 1 is 0.970 bits per heavy atom. The number of rotatable bonds is 5. The SMILES string of the molecule is CC.CC.Cc1ccc(NC(=O)c2ccc(CC(=O)NC3C=C(C(C)(C)C)ON3)cc2)cc1.[HH].[HH]. The maximum atomic E-state index is 12.4. The van der Waals surface area contributed by atoms with Gasteiger partial charge in [0.15, 0.2) is 0 Å². The van der Waals surface area contributed by atoms with E-state index in [4.69, 9.17) is 4.84 Å². The zero-order valence-electron chi connectivity index (χ0n) is 21.2. The van der Waals surface area contributed by atoms with Crippen molar-refractivity contribution < 1.29 is 17.3 Å². The predicted octanol–water partition coefficient (Wildman–Crippen LogP) is 6.24. The zero-order valence-corrected chi connectivity index (χ0v) is 21.2. The van der Waals surface area contributed by atoms with Crippen LogP contribution in [0.1, 0.15) is 72.8 Å². The van der Waals surface area contributed by atoms with Gasteiger partial charge in [-0.1, -0.05) is 78.3 Å². The van der Waals surface area contributed by atoms with E-state index in [1.54, 1.807) is 24.3 Å². The fourth-order valence-corrected chi connectivity index (χ4v) is 2.84. The van der Waals surface area contributed by atoms with Crippen LogP contribution in [0.15, 0.2) is 60.4 Å². The highest BCUT2D eigenvalue weighted by Gasteiger charge is 2.27. The molecule has 2 amide bonds. The second-order valence-corrected chi connectivity index (χ2v) is 8.24. The fourth-order valence-electron chi connectivity index (χ4n) is 2.84. The molecule has 3 N–H and O–H groups in total. The third kappa shape index (κ3) is 9.10. The molecule has 1 aliphatic rings. The van der Waals surface area contributed by atoms with E-state index in [2.05, 4.69) is 16.1 Å². The Labute approximate surface area is 201 Å². The topological polar surface area (TPSA) is 79.5 Å². The minimum absolute atomic E-state index is 0. The van der Waals surface area contributed by atoms with E-state index in [9.17, 15) is 9.59 Å². The van der Waals surface area contributed by atoms with Gasteiger partial charge in [-0.3, -0.25) is 9.59 Å². The number of nitrogens with one attached hydrogen (secondary N) is 3. The van der Waals surface area contributed by atoms with Crippen molar-refractivity contribution >= 4 is 17.5 Å². The summed E-state index contributed by atoms with van der Waals surface area (Å²) >= 11 is 0. The van der Waals surface area contributed by atoms with Crippen LogP contribution in [0, 0.1) is 12.3 Å². The van der Waals surface area contributed by atoms with Gasteiger partial charge in [0.25, 0.3) is 5.91 Å². The first-order valence-electron chi connectivity index (χ1n) is 11.6. The minimum atomic E-state index is -0.351. The van der Waals surface area contributed by atoms with Crippen molar-refractivity contribution in [3.05, 3.63) is 77.1 Å². The predicted molar refractivity (Wildman–Crippen MR) is 140 cm³/mol. The maximum absolute atomic E-state index is 12.4. The van der Waals surface area contributed by atoms with Crippen LogP contribution in [-0.2, 0) is 16.1 Å². The van der Waals surface area contributed by atoms with Gasteiger partial charge >= 0.3 is 0 Å². The van der Waals surface area contributed by atoms with Crippen molar-refractivity contribution in [1.29, 1.82) is 0 Å². The summed E-state index contributed by atoms with van der Waals surface area (Å²) in [7, 11) is 0. The summed E-state index contributed by atoms with van der Waals surface area (Å²) in [6.07, 6.45) is 1.74. The van der Waals surface area contributed by atoms with E-state index in [1.165, 1.54) is 0 Å². The summed E-state index contributed by atoms with van der Waals surface area (Å²) in [5, 5.41) is 5.74. The van der Waals surface area contributed by atoms with Crippen LogP contribution >= 0.6 is 0 Å². The number of hydroxylamine groups is 1. The summed E-state index contributed by atoms with van der Waals surface area (Å²) in [4.78, 5) is 30.1. The molecule has 0 spiro atoms. The number of hydrogen-bond acceptors (Lipinski definition) is 4. The Kier molecular flexibility index (Phi) is 11.4. The normalized spacial score (nSPS) is 14.4. The number of carbonyl (C=O) groups is 2. The average molecular weight is 458 g/mol. The highest BCUT2D eigenvalue weighted by atomic mass is 16.7. The van der Waals surface area contributed by atoms with Gasteiger partial charge in [0.05, 0.1) is 6.42 Å². The van der Waals surface area contributed by atoms with Crippen LogP contribution in [0.4, 0.5) is 5.69 Å². The molecule has 0 radical (unpaired) electrons. The lowest BCUT2D eigenvalue weighted by Crippen LogP contribution is -2.41. The van der Waals surface area contributed by atoms with Crippen LogP contribution in [0.3, 0.4) is 0 Å². The largest absolute Gasteiger partial charge is 0.410 e. The van der Waals surface area contributed by atoms with Crippen molar-refractivity contribution in [2.24, 2.45) is 5.41 Å². The average Bonchev–Trinajstić information content (AvgIpc) is 3.27. The first-order chi connectivity index (χ1) is 15.7. The molecule has 0 fully saturated rings. The molecule has 0 bridgehead atoms. The van der Waals surface area contributed by atoms with Crippen molar-refractivity contribution in [3.63, 3.8) is 0 Å². The lowest BCUT2D eigenvalue weighted by molar-refractivity contribution is -0.121.